The number of halogens is 2. The van der Waals surface area contributed by atoms with Gasteiger partial charge in [0.1, 0.15) is 11.4 Å². The molecular formula is C22H24Cl2N4O2. The van der Waals surface area contributed by atoms with Crippen molar-refractivity contribution >= 4 is 35.1 Å². The molecule has 1 aromatic heterocycles. The summed E-state index contributed by atoms with van der Waals surface area (Å²) in [5.41, 5.74) is 0.852. The van der Waals surface area contributed by atoms with Crippen molar-refractivity contribution < 1.29 is 9.53 Å². The molecule has 30 heavy (non-hydrogen) atoms. The zero-order valence-corrected chi connectivity index (χ0v) is 18.7. The van der Waals surface area contributed by atoms with Gasteiger partial charge in [-0.15, -0.1) is 0 Å². The summed E-state index contributed by atoms with van der Waals surface area (Å²) in [5.74, 6) is 6.94. The third-order valence-corrected chi connectivity index (χ3v) is 4.97. The van der Waals surface area contributed by atoms with Crippen LogP contribution < -0.4 is 5.32 Å². The van der Waals surface area contributed by atoms with Gasteiger partial charge in [-0.25, -0.2) is 9.78 Å². The zero-order chi connectivity index (χ0) is 21.7. The maximum Gasteiger partial charge on any atom is 0.410 e. The molecule has 1 amide bonds. The van der Waals surface area contributed by atoms with Crippen molar-refractivity contribution in [3.8, 4) is 11.8 Å². The largest absolute Gasteiger partial charge is 0.444 e. The minimum Gasteiger partial charge on any atom is -0.444 e. The number of benzene rings is 1. The van der Waals surface area contributed by atoms with Gasteiger partial charge in [-0.3, -0.25) is 0 Å². The SMILES string of the molecule is CC(C)(C)OC(=O)N1CC[C@H](CNc2nc(Cl)ncc2C#Cc2ccccc2Cl)C1. The average molecular weight is 447 g/mol. The van der Waals surface area contributed by atoms with Crippen LogP contribution in [0.2, 0.25) is 10.3 Å². The monoisotopic (exact) mass is 446 g/mol. The maximum absolute atomic E-state index is 12.2. The third kappa shape index (κ3) is 6.25. The van der Waals surface area contributed by atoms with Gasteiger partial charge < -0.3 is 15.0 Å². The number of hydrogen-bond acceptors (Lipinski definition) is 5. The Labute approximate surface area is 186 Å². The van der Waals surface area contributed by atoms with Crippen LogP contribution in [0.15, 0.2) is 30.5 Å². The molecule has 0 aliphatic carbocycles. The minimum absolute atomic E-state index is 0.141. The molecule has 1 N–H and O–H groups in total. The number of carbonyl (C=O) groups excluding carboxylic acids is 1. The first-order chi connectivity index (χ1) is 14.2. The molecule has 2 heterocycles. The van der Waals surface area contributed by atoms with E-state index in [1.54, 1.807) is 17.2 Å². The molecule has 2 aromatic rings. The highest BCUT2D eigenvalue weighted by atomic mass is 35.5. The van der Waals surface area contributed by atoms with E-state index in [9.17, 15) is 4.79 Å². The summed E-state index contributed by atoms with van der Waals surface area (Å²) in [6.07, 6.45) is 2.19. The minimum atomic E-state index is -0.500. The predicted octanol–water partition coefficient (Wildman–Crippen LogP) is 4.85. The van der Waals surface area contributed by atoms with Crippen molar-refractivity contribution in [2.24, 2.45) is 5.92 Å². The summed E-state index contributed by atoms with van der Waals surface area (Å²) in [6.45, 7) is 7.53. The lowest BCUT2D eigenvalue weighted by Crippen LogP contribution is -2.35. The molecule has 0 unspecified atom stereocenters. The number of carbonyl (C=O) groups is 1. The normalized spacial score (nSPS) is 16.0. The summed E-state index contributed by atoms with van der Waals surface area (Å²) in [7, 11) is 0. The molecule has 3 rings (SSSR count). The van der Waals surface area contributed by atoms with Crippen LogP contribution in [0.25, 0.3) is 0 Å². The van der Waals surface area contributed by atoms with Gasteiger partial charge >= 0.3 is 6.09 Å². The van der Waals surface area contributed by atoms with Crippen molar-refractivity contribution in [1.29, 1.82) is 0 Å². The molecule has 1 aliphatic heterocycles. The van der Waals surface area contributed by atoms with Crippen molar-refractivity contribution in [2.45, 2.75) is 32.8 Å². The first kappa shape index (κ1) is 22.2. The Balaban J connectivity index is 1.65. The number of amides is 1. The topological polar surface area (TPSA) is 67.3 Å². The van der Waals surface area contributed by atoms with Crippen LogP contribution in [0, 0.1) is 17.8 Å². The molecule has 1 atom stereocenters. The Kier molecular flexibility index (Phi) is 7.06. The molecule has 8 heteroatoms. The highest BCUT2D eigenvalue weighted by molar-refractivity contribution is 6.31. The maximum atomic E-state index is 12.2. The number of likely N-dealkylation sites (tertiary alicyclic amines) is 1. The second-order valence-electron chi connectivity index (χ2n) is 8.09. The summed E-state index contributed by atoms with van der Waals surface area (Å²) in [6, 6.07) is 7.38. The van der Waals surface area contributed by atoms with E-state index in [1.165, 1.54) is 0 Å². The van der Waals surface area contributed by atoms with E-state index >= 15 is 0 Å². The lowest BCUT2D eigenvalue weighted by molar-refractivity contribution is 0.0289. The molecule has 0 bridgehead atoms. The molecular weight excluding hydrogens is 423 g/mol. The van der Waals surface area contributed by atoms with Crippen LogP contribution in [0.4, 0.5) is 10.6 Å². The Morgan fingerprint density at radius 3 is 2.73 bits per heavy atom. The van der Waals surface area contributed by atoms with Crippen molar-refractivity contribution in [3.05, 3.63) is 51.9 Å². The third-order valence-electron chi connectivity index (χ3n) is 4.46. The Bertz CT molecular complexity index is 979. The van der Waals surface area contributed by atoms with Gasteiger partial charge in [0.15, 0.2) is 0 Å². The lowest BCUT2D eigenvalue weighted by atomic mass is 10.1. The van der Waals surface area contributed by atoms with E-state index < -0.39 is 5.60 Å². The number of aromatic nitrogens is 2. The number of nitrogens with zero attached hydrogens (tertiary/aromatic N) is 3. The number of ether oxygens (including phenoxy) is 1. The molecule has 6 nitrogen and oxygen atoms in total. The van der Waals surface area contributed by atoms with Crippen molar-refractivity contribution in [1.82, 2.24) is 14.9 Å². The Morgan fingerprint density at radius 1 is 1.27 bits per heavy atom. The predicted molar refractivity (Wildman–Crippen MR) is 119 cm³/mol. The van der Waals surface area contributed by atoms with Crippen LogP contribution in [-0.2, 0) is 4.74 Å². The second kappa shape index (κ2) is 9.55. The van der Waals surface area contributed by atoms with E-state index in [0.717, 1.165) is 12.0 Å². The van der Waals surface area contributed by atoms with Gasteiger partial charge in [0, 0.05) is 31.4 Å². The molecule has 158 valence electrons. The van der Waals surface area contributed by atoms with Crippen LogP contribution in [0.3, 0.4) is 0 Å². The first-order valence-electron chi connectivity index (χ1n) is 9.72. The van der Waals surface area contributed by atoms with Crippen LogP contribution in [0.5, 0.6) is 0 Å². The van der Waals surface area contributed by atoms with Gasteiger partial charge in [0.25, 0.3) is 0 Å². The van der Waals surface area contributed by atoms with Crippen molar-refractivity contribution in [2.75, 3.05) is 25.0 Å². The fraction of sp³-hybridized carbons (Fsp3) is 0.409. The van der Waals surface area contributed by atoms with E-state index in [2.05, 4.69) is 27.1 Å². The highest BCUT2D eigenvalue weighted by Gasteiger charge is 2.29. The van der Waals surface area contributed by atoms with Gasteiger partial charge in [0.2, 0.25) is 5.28 Å². The Hall–Kier alpha value is -2.49. The number of rotatable bonds is 3. The molecule has 1 aromatic carbocycles. The van der Waals surface area contributed by atoms with E-state index in [-0.39, 0.29) is 17.3 Å². The highest BCUT2D eigenvalue weighted by Crippen LogP contribution is 2.21. The fourth-order valence-electron chi connectivity index (χ4n) is 3.02. The summed E-state index contributed by atoms with van der Waals surface area (Å²) in [5, 5.41) is 4.03. The summed E-state index contributed by atoms with van der Waals surface area (Å²) in [4.78, 5) is 22.3. The van der Waals surface area contributed by atoms with Crippen LogP contribution >= 0.6 is 23.2 Å². The zero-order valence-electron chi connectivity index (χ0n) is 17.2. The summed E-state index contributed by atoms with van der Waals surface area (Å²) < 4.78 is 5.45. The number of hydrogen-bond donors (Lipinski definition) is 1. The molecule has 0 radical (unpaired) electrons. The molecule has 0 spiro atoms. The molecule has 1 fully saturated rings. The smallest absolute Gasteiger partial charge is 0.410 e. The van der Waals surface area contributed by atoms with Crippen molar-refractivity contribution in [3.63, 3.8) is 0 Å². The van der Waals surface area contributed by atoms with Gasteiger partial charge in [-0.05, 0) is 56.8 Å². The first-order valence-corrected chi connectivity index (χ1v) is 10.5. The van der Waals surface area contributed by atoms with Crippen LogP contribution in [-0.4, -0.2) is 46.2 Å². The van der Waals surface area contributed by atoms with Gasteiger partial charge in [-0.2, -0.15) is 4.98 Å². The quantitative estimate of drug-likeness (QED) is 0.538. The van der Waals surface area contributed by atoms with Gasteiger partial charge in [-0.1, -0.05) is 35.6 Å². The van der Waals surface area contributed by atoms with Gasteiger partial charge in [0.05, 0.1) is 10.6 Å². The summed E-state index contributed by atoms with van der Waals surface area (Å²) >= 11 is 12.1. The molecule has 1 aliphatic rings. The van der Waals surface area contributed by atoms with E-state index in [0.29, 0.717) is 36.0 Å². The van der Waals surface area contributed by atoms with E-state index in [1.807, 2.05) is 39.0 Å². The average Bonchev–Trinajstić information content (AvgIpc) is 3.15. The molecule has 1 saturated heterocycles. The van der Waals surface area contributed by atoms with Crippen LogP contribution in [0.1, 0.15) is 38.3 Å². The molecule has 0 saturated carbocycles. The lowest BCUT2D eigenvalue weighted by Gasteiger charge is -2.24. The van der Waals surface area contributed by atoms with E-state index in [4.69, 9.17) is 27.9 Å². The fourth-order valence-corrected chi connectivity index (χ4v) is 3.33. The standard InChI is InChI=1S/C22H24Cl2N4O2/c1-22(2,3)30-21(29)28-11-10-15(14-28)12-25-19-17(13-26-20(24)27-19)9-8-16-6-4-5-7-18(16)23/h4-7,13,15H,10-12,14H2,1-3H3,(H,25,26,27)/t15-/m1/s1. The number of nitrogens with one attached hydrogen (secondary N) is 1. The second-order valence-corrected chi connectivity index (χ2v) is 8.84. The Morgan fingerprint density at radius 2 is 2.00 bits per heavy atom. The number of anilines is 1.